The van der Waals surface area contributed by atoms with E-state index in [0.717, 1.165) is 70.8 Å². The van der Waals surface area contributed by atoms with E-state index in [9.17, 15) is 5.11 Å². The van der Waals surface area contributed by atoms with Gasteiger partial charge in [-0.1, -0.05) is 11.2 Å². The standard InChI is InChI=1S/C28H32N4O3/c1-15-7-6-8-22(29-15)28(33,23-11-12-27(4,5)34-23)20-13-19(24-16(2)32-35-17(24)3)14-21-25(20)31-26(30-21)18-9-10-18/h6-8,13-14,18,23,33H,9-12H2,1-5H3,(H,30,31). The molecule has 3 aromatic heterocycles. The van der Waals surface area contributed by atoms with Gasteiger partial charge in [0, 0.05) is 22.7 Å². The molecule has 2 aliphatic rings. The number of aromatic nitrogens is 4. The first-order valence-electron chi connectivity index (χ1n) is 12.5. The van der Waals surface area contributed by atoms with Gasteiger partial charge >= 0.3 is 0 Å². The summed E-state index contributed by atoms with van der Waals surface area (Å²) in [7, 11) is 0. The van der Waals surface area contributed by atoms with Crippen LogP contribution in [0.5, 0.6) is 0 Å². The van der Waals surface area contributed by atoms with E-state index >= 15 is 0 Å². The maximum Gasteiger partial charge on any atom is 0.160 e. The van der Waals surface area contributed by atoms with Crippen LogP contribution in [0.4, 0.5) is 0 Å². The molecule has 0 spiro atoms. The molecule has 2 unspecified atom stereocenters. The van der Waals surface area contributed by atoms with Crippen molar-refractivity contribution >= 4 is 11.0 Å². The second-order valence-electron chi connectivity index (χ2n) is 10.9. The zero-order valence-corrected chi connectivity index (χ0v) is 21.0. The van der Waals surface area contributed by atoms with Gasteiger partial charge in [-0.3, -0.25) is 4.98 Å². The number of aryl methyl sites for hydroxylation is 3. The van der Waals surface area contributed by atoms with E-state index in [4.69, 9.17) is 19.2 Å². The molecular weight excluding hydrogens is 440 g/mol. The molecular formula is C28H32N4O3. The minimum absolute atomic E-state index is 0.328. The Bertz CT molecular complexity index is 1410. The highest BCUT2D eigenvalue weighted by molar-refractivity contribution is 5.87. The molecule has 6 rings (SSSR count). The molecule has 35 heavy (non-hydrogen) atoms. The number of aliphatic hydroxyl groups is 1. The zero-order chi connectivity index (χ0) is 24.5. The van der Waals surface area contributed by atoms with Crippen molar-refractivity contribution in [1.82, 2.24) is 20.1 Å². The van der Waals surface area contributed by atoms with Crippen LogP contribution in [0.2, 0.25) is 0 Å². The molecule has 182 valence electrons. The molecule has 4 aromatic rings. The van der Waals surface area contributed by atoms with Crippen molar-refractivity contribution in [1.29, 1.82) is 0 Å². The van der Waals surface area contributed by atoms with Gasteiger partial charge in [-0.15, -0.1) is 0 Å². The first-order valence-corrected chi connectivity index (χ1v) is 12.5. The Morgan fingerprint density at radius 3 is 2.51 bits per heavy atom. The fourth-order valence-corrected chi connectivity index (χ4v) is 5.52. The van der Waals surface area contributed by atoms with Crippen LogP contribution in [0.3, 0.4) is 0 Å². The molecule has 2 atom stereocenters. The second kappa shape index (κ2) is 7.73. The van der Waals surface area contributed by atoms with Gasteiger partial charge in [0.05, 0.1) is 34.1 Å². The number of hydrogen-bond donors (Lipinski definition) is 2. The molecule has 0 radical (unpaired) electrons. The normalized spacial score (nSPS) is 21.5. The Balaban J connectivity index is 1.65. The summed E-state index contributed by atoms with van der Waals surface area (Å²) < 4.78 is 12.0. The Kier molecular flexibility index (Phi) is 4.96. The lowest BCUT2D eigenvalue weighted by Gasteiger charge is -2.35. The summed E-state index contributed by atoms with van der Waals surface area (Å²) in [5.41, 5.74) is 4.64. The first-order chi connectivity index (χ1) is 16.7. The van der Waals surface area contributed by atoms with Crippen LogP contribution in [0.1, 0.15) is 79.7 Å². The highest BCUT2D eigenvalue weighted by atomic mass is 16.5. The Labute approximate surface area is 204 Å². The number of ether oxygens (including phenoxy) is 1. The number of H-pyrrole nitrogens is 1. The molecule has 2 N–H and O–H groups in total. The van der Waals surface area contributed by atoms with Crippen LogP contribution in [0.25, 0.3) is 22.2 Å². The van der Waals surface area contributed by atoms with Crippen molar-refractivity contribution in [3.63, 3.8) is 0 Å². The van der Waals surface area contributed by atoms with E-state index in [2.05, 4.69) is 30.1 Å². The largest absolute Gasteiger partial charge is 0.376 e. The molecule has 1 saturated heterocycles. The van der Waals surface area contributed by atoms with Gasteiger partial charge in [-0.05, 0) is 90.1 Å². The maximum absolute atomic E-state index is 12.8. The third-order valence-corrected chi connectivity index (χ3v) is 7.52. The molecule has 2 fully saturated rings. The summed E-state index contributed by atoms with van der Waals surface area (Å²) in [4.78, 5) is 13.4. The van der Waals surface area contributed by atoms with Gasteiger partial charge in [0.25, 0.3) is 0 Å². The van der Waals surface area contributed by atoms with Crippen LogP contribution in [0.15, 0.2) is 34.9 Å². The van der Waals surface area contributed by atoms with Crippen LogP contribution in [0, 0.1) is 20.8 Å². The molecule has 4 heterocycles. The average molecular weight is 473 g/mol. The number of imidazole rings is 1. The number of pyridine rings is 1. The molecule has 1 aliphatic carbocycles. The fourth-order valence-electron chi connectivity index (χ4n) is 5.52. The quantitative estimate of drug-likeness (QED) is 0.392. The van der Waals surface area contributed by atoms with Crippen LogP contribution >= 0.6 is 0 Å². The highest BCUT2D eigenvalue weighted by Gasteiger charge is 2.50. The molecule has 1 aliphatic heterocycles. The molecule has 1 aromatic carbocycles. The fraction of sp³-hybridized carbons (Fsp3) is 0.464. The minimum Gasteiger partial charge on any atom is -0.376 e. The smallest absolute Gasteiger partial charge is 0.160 e. The van der Waals surface area contributed by atoms with Gasteiger partial charge in [-0.25, -0.2) is 4.98 Å². The van der Waals surface area contributed by atoms with Gasteiger partial charge in [-0.2, -0.15) is 0 Å². The summed E-state index contributed by atoms with van der Waals surface area (Å²) in [5, 5.41) is 16.9. The van der Waals surface area contributed by atoms with Crippen molar-refractivity contribution in [3.8, 4) is 11.1 Å². The van der Waals surface area contributed by atoms with Crippen molar-refractivity contribution in [3.05, 3.63) is 64.6 Å². The van der Waals surface area contributed by atoms with Gasteiger partial charge in [0.2, 0.25) is 0 Å². The van der Waals surface area contributed by atoms with E-state index in [0.29, 0.717) is 17.2 Å². The molecule has 7 nitrogen and oxygen atoms in total. The number of nitrogens with one attached hydrogen (secondary N) is 1. The highest BCUT2D eigenvalue weighted by Crippen LogP contribution is 2.47. The summed E-state index contributed by atoms with van der Waals surface area (Å²) in [6.07, 6.45) is 3.38. The Morgan fingerprint density at radius 2 is 1.89 bits per heavy atom. The predicted octanol–water partition coefficient (Wildman–Crippen LogP) is 5.61. The molecule has 0 amide bonds. The number of aromatic amines is 1. The number of hydrogen-bond acceptors (Lipinski definition) is 6. The SMILES string of the molecule is Cc1cccc(C(O)(c2cc(-c3c(C)noc3C)cc3[nH]c(C4CC4)nc23)C2CCC(C)(C)O2)n1. The van der Waals surface area contributed by atoms with E-state index in [1.165, 1.54) is 0 Å². The maximum atomic E-state index is 12.8. The van der Waals surface area contributed by atoms with Crippen LogP contribution < -0.4 is 0 Å². The van der Waals surface area contributed by atoms with Gasteiger partial charge < -0.3 is 19.4 Å². The van der Waals surface area contributed by atoms with E-state index < -0.39 is 11.7 Å². The third-order valence-electron chi connectivity index (χ3n) is 7.52. The molecule has 1 saturated carbocycles. The number of benzene rings is 1. The van der Waals surface area contributed by atoms with Crippen LogP contribution in [-0.2, 0) is 10.3 Å². The summed E-state index contributed by atoms with van der Waals surface area (Å²) >= 11 is 0. The van der Waals surface area contributed by atoms with Crippen molar-refractivity contribution in [2.24, 2.45) is 0 Å². The van der Waals surface area contributed by atoms with E-state index in [1.807, 2.05) is 45.0 Å². The van der Waals surface area contributed by atoms with Gasteiger partial charge in [0.1, 0.15) is 11.6 Å². The van der Waals surface area contributed by atoms with Gasteiger partial charge in [0.15, 0.2) is 5.60 Å². The molecule has 0 bridgehead atoms. The van der Waals surface area contributed by atoms with E-state index in [1.54, 1.807) is 0 Å². The summed E-state index contributed by atoms with van der Waals surface area (Å²) in [6, 6.07) is 9.90. The predicted molar refractivity (Wildman–Crippen MR) is 133 cm³/mol. The second-order valence-corrected chi connectivity index (χ2v) is 10.9. The Hall–Kier alpha value is -3.03. The lowest BCUT2D eigenvalue weighted by atomic mass is 9.81. The van der Waals surface area contributed by atoms with Crippen molar-refractivity contribution in [2.75, 3.05) is 0 Å². The Morgan fingerprint density at radius 1 is 1.09 bits per heavy atom. The van der Waals surface area contributed by atoms with Crippen LogP contribution in [-0.4, -0.2) is 36.9 Å². The lowest BCUT2D eigenvalue weighted by Crippen LogP contribution is -2.43. The lowest BCUT2D eigenvalue weighted by molar-refractivity contribution is -0.112. The monoisotopic (exact) mass is 472 g/mol. The van der Waals surface area contributed by atoms with Crippen molar-refractivity contribution in [2.45, 2.75) is 83.5 Å². The number of rotatable bonds is 5. The minimum atomic E-state index is -1.48. The summed E-state index contributed by atoms with van der Waals surface area (Å²) in [5.74, 6) is 2.17. The number of nitrogens with zero attached hydrogens (tertiary/aromatic N) is 3. The summed E-state index contributed by atoms with van der Waals surface area (Å²) in [6.45, 7) is 9.95. The molecule has 7 heteroatoms. The topological polar surface area (TPSA) is 97.1 Å². The van der Waals surface area contributed by atoms with Crippen molar-refractivity contribution < 1.29 is 14.4 Å². The zero-order valence-electron chi connectivity index (χ0n) is 21.0. The van der Waals surface area contributed by atoms with E-state index in [-0.39, 0.29) is 5.60 Å². The first kappa shape index (κ1) is 22.4. The average Bonchev–Trinajstić information content (AvgIpc) is 3.34. The number of fused-ring (bicyclic) bond motifs is 1. The third kappa shape index (κ3) is 3.69.